The van der Waals surface area contributed by atoms with E-state index in [1.165, 1.54) is 13.4 Å². The Morgan fingerprint density at radius 3 is 3.00 bits per heavy atom. The van der Waals surface area contributed by atoms with E-state index in [9.17, 15) is 4.79 Å². The Morgan fingerprint density at radius 2 is 2.28 bits per heavy atom. The van der Waals surface area contributed by atoms with Crippen LogP contribution < -0.4 is 5.32 Å². The molecule has 0 saturated carbocycles. The van der Waals surface area contributed by atoms with Crippen LogP contribution in [0.5, 0.6) is 0 Å². The first-order valence-electron chi connectivity index (χ1n) is 5.68. The molecule has 2 heterocycles. The van der Waals surface area contributed by atoms with Gasteiger partial charge in [0.25, 0.3) is 0 Å². The minimum atomic E-state index is -0.388. The van der Waals surface area contributed by atoms with Crippen LogP contribution in [0.1, 0.15) is 21.9 Å². The molecule has 0 aliphatic rings. The summed E-state index contributed by atoms with van der Waals surface area (Å²) in [5.41, 5.74) is 0.431. The molecule has 2 rings (SSSR count). The molecule has 5 nitrogen and oxygen atoms in total. The van der Waals surface area contributed by atoms with E-state index in [4.69, 9.17) is 8.83 Å². The molecule has 0 atom stereocenters. The van der Waals surface area contributed by atoms with Crippen LogP contribution in [0.4, 0.5) is 0 Å². The quantitative estimate of drug-likeness (QED) is 0.626. The number of rotatable bonds is 6. The summed E-state index contributed by atoms with van der Waals surface area (Å²) in [6.45, 7) is 1.35. The Balaban J connectivity index is 1.73. The van der Waals surface area contributed by atoms with Crippen molar-refractivity contribution in [3.63, 3.8) is 0 Å². The second kappa shape index (κ2) is 6.07. The van der Waals surface area contributed by atoms with Gasteiger partial charge in [0.2, 0.25) is 0 Å². The van der Waals surface area contributed by atoms with Crippen LogP contribution in [-0.4, -0.2) is 19.6 Å². The van der Waals surface area contributed by atoms with Crippen LogP contribution in [0, 0.1) is 0 Å². The summed E-state index contributed by atoms with van der Waals surface area (Å²) >= 11 is 0. The van der Waals surface area contributed by atoms with Crippen LogP contribution in [0.2, 0.25) is 0 Å². The standard InChI is InChI=1S/C13H15NO4/c1-16-13(15)10-7-12(18-9-10)8-14-5-4-11-3-2-6-17-11/h2-3,6-7,9,14H,4-5,8H2,1H3. The summed E-state index contributed by atoms with van der Waals surface area (Å²) in [6.07, 6.45) is 3.87. The maximum absolute atomic E-state index is 11.2. The van der Waals surface area contributed by atoms with Crippen molar-refractivity contribution in [1.29, 1.82) is 0 Å². The van der Waals surface area contributed by atoms with E-state index in [0.29, 0.717) is 17.9 Å². The number of methoxy groups -OCH3 is 1. The summed E-state index contributed by atoms with van der Waals surface area (Å²) < 4.78 is 15.0. The van der Waals surface area contributed by atoms with E-state index >= 15 is 0 Å². The van der Waals surface area contributed by atoms with Gasteiger partial charge in [-0.2, -0.15) is 0 Å². The first-order valence-corrected chi connectivity index (χ1v) is 5.68. The van der Waals surface area contributed by atoms with Crippen molar-refractivity contribution in [3.8, 4) is 0 Å². The van der Waals surface area contributed by atoms with Crippen molar-refractivity contribution in [2.24, 2.45) is 0 Å². The minimum Gasteiger partial charge on any atom is -0.469 e. The molecule has 0 fully saturated rings. The lowest BCUT2D eigenvalue weighted by molar-refractivity contribution is 0.0600. The number of hydrogen-bond donors (Lipinski definition) is 1. The first kappa shape index (κ1) is 12.4. The Bertz CT molecular complexity index is 487. The minimum absolute atomic E-state index is 0.388. The highest BCUT2D eigenvalue weighted by atomic mass is 16.5. The Labute approximate surface area is 105 Å². The molecular formula is C13H15NO4. The Morgan fingerprint density at radius 1 is 1.39 bits per heavy atom. The van der Waals surface area contributed by atoms with Gasteiger partial charge in [-0.05, 0) is 18.2 Å². The Kier molecular flexibility index (Phi) is 4.20. The van der Waals surface area contributed by atoms with Crippen LogP contribution in [0.3, 0.4) is 0 Å². The van der Waals surface area contributed by atoms with E-state index in [-0.39, 0.29) is 5.97 Å². The first-order chi connectivity index (χ1) is 8.79. The van der Waals surface area contributed by atoms with Crippen molar-refractivity contribution in [2.75, 3.05) is 13.7 Å². The third-order valence-corrected chi connectivity index (χ3v) is 2.50. The molecule has 0 amide bonds. The van der Waals surface area contributed by atoms with Crippen molar-refractivity contribution in [1.82, 2.24) is 5.32 Å². The molecular weight excluding hydrogens is 234 g/mol. The van der Waals surface area contributed by atoms with Gasteiger partial charge >= 0.3 is 5.97 Å². The zero-order valence-electron chi connectivity index (χ0n) is 10.1. The molecule has 5 heteroatoms. The normalized spacial score (nSPS) is 10.5. The van der Waals surface area contributed by atoms with Gasteiger partial charge in [0.05, 0.1) is 25.5 Å². The number of furan rings is 2. The fraction of sp³-hybridized carbons (Fsp3) is 0.308. The third-order valence-electron chi connectivity index (χ3n) is 2.50. The maximum atomic E-state index is 11.2. The topological polar surface area (TPSA) is 64.6 Å². The second-order valence-electron chi connectivity index (χ2n) is 3.80. The van der Waals surface area contributed by atoms with Crippen molar-refractivity contribution >= 4 is 5.97 Å². The zero-order chi connectivity index (χ0) is 12.8. The average molecular weight is 249 g/mol. The fourth-order valence-electron chi connectivity index (χ4n) is 1.58. The molecule has 0 aliphatic heterocycles. The van der Waals surface area contributed by atoms with Crippen molar-refractivity contribution in [3.05, 3.63) is 47.8 Å². The number of hydrogen-bond acceptors (Lipinski definition) is 5. The highest BCUT2D eigenvalue weighted by Gasteiger charge is 2.09. The number of carbonyl (C=O) groups excluding carboxylic acids is 1. The van der Waals surface area contributed by atoms with Gasteiger partial charge in [0.1, 0.15) is 17.8 Å². The van der Waals surface area contributed by atoms with E-state index in [2.05, 4.69) is 10.1 Å². The second-order valence-corrected chi connectivity index (χ2v) is 3.80. The molecule has 0 aliphatic carbocycles. The molecule has 0 bridgehead atoms. The highest BCUT2D eigenvalue weighted by Crippen LogP contribution is 2.08. The molecule has 18 heavy (non-hydrogen) atoms. The number of nitrogens with one attached hydrogen (secondary N) is 1. The number of esters is 1. The van der Waals surface area contributed by atoms with Crippen molar-refractivity contribution in [2.45, 2.75) is 13.0 Å². The van der Waals surface area contributed by atoms with Gasteiger partial charge in [-0.3, -0.25) is 0 Å². The molecule has 0 unspecified atom stereocenters. The lowest BCUT2D eigenvalue weighted by Crippen LogP contribution is -2.16. The van der Waals surface area contributed by atoms with Gasteiger partial charge in [0.15, 0.2) is 0 Å². The fourth-order valence-corrected chi connectivity index (χ4v) is 1.58. The van der Waals surface area contributed by atoms with Gasteiger partial charge in [0, 0.05) is 13.0 Å². The number of ether oxygens (including phenoxy) is 1. The van der Waals surface area contributed by atoms with Crippen LogP contribution in [0.15, 0.2) is 39.6 Å². The summed E-state index contributed by atoms with van der Waals surface area (Å²) in [5, 5.41) is 3.20. The summed E-state index contributed by atoms with van der Waals surface area (Å²) in [7, 11) is 1.34. The Hall–Kier alpha value is -2.01. The molecule has 1 N–H and O–H groups in total. The maximum Gasteiger partial charge on any atom is 0.341 e. The summed E-state index contributed by atoms with van der Waals surface area (Å²) in [4.78, 5) is 11.2. The van der Waals surface area contributed by atoms with Crippen molar-refractivity contribution < 1.29 is 18.4 Å². The molecule has 2 aromatic rings. The van der Waals surface area contributed by atoms with Crippen LogP contribution in [0.25, 0.3) is 0 Å². The van der Waals surface area contributed by atoms with E-state index in [0.717, 1.165) is 18.7 Å². The SMILES string of the molecule is COC(=O)c1coc(CNCCc2ccco2)c1. The smallest absolute Gasteiger partial charge is 0.341 e. The largest absolute Gasteiger partial charge is 0.469 e. The molecule has 96 valence electrons. The molecule has 2 aromatic heterocycles. The summed E-state index contributed by atoms with van der Waals surface area (Å²) in [5.74, 6) is 1.26. The third kappa shape index (κ3) is 3.24. The molecule has 0 aromatic carbocycles. The number of carbonyl (C=O) groups is 1. The van der Waals surface area contributed by atoms with E-state index < -0.39 is 0 Å². The van der Waals surface area contributed by atoms with Gasteiger partial charge in [-0.15, -0.1) is 0 Å². The van der Waals surface area contributed by atoms with Crippen LogP contribution >= 0.6 is 0 Å². The summed E-state index contributed by atoms with van der Waals surface area (Å²) in [6, 6.07) is 5.47. The predicted molar refractivity (Wildman–Crippen MR) is 64.2 cm³/mol. The molecule has 0 radical (unpaired) electrons. The zero-order valence-corrected chi connectivity index (χ0v) is 10.1. The lowest BCUT2D eigenvalue weighted by atomic mass is 10.3. The lowest BCUT2D eigenvalue weighted by Gasteiger charge is -2.00. The monoisotopic (exact) mass is 249 g/mol. The van der Waals surface area contributed by atoms with Gasteiger partial charge in [-0.1, -0.05) is 0 Å². The van der Waals surface area contributed by atoms with Crippen LogP contribution in [-0.2, 0) is 17.7 Å². The molecule has 0 saturated heterocycles. The van der Waals surface area contributed by atoms with Gasteiger partial charge < -0.3 is 18.9 Å². The van der Waals surface area contributed by atoms with E-state index in [1.807, 2.05) is 12.1 Å². The predicted octanol–water partition coefficient (Wildman–Crippen LogP) is 1.99. The van der Waals surface area contributed by atoms with Gasteiger partial charge in [-0.25, -0.2) is 4.79 Å². The molecule has 0 spiro atoms. The average Bonchev–Trinajstić information content (AvgIpc) is 3.05. The van der Waals surface area contributed by atoms with E-state index in [1.54, 1.807) is 12.3 Å². The highest BCUT2D eigenvalue weighted by molar-refractivity contribution is 5.88.